The van der Waals surface area contributed by atoms with Crippen molar-refractivity contribution in [3.63, 3.8) is 0 Å². The minimum absolute atomic E-state index is 0.000957. The number of hydrogen-bond acceptors (Lipinski definition) is 5. The average Bonchev–Trinajstić information content (AvgIpc) is 2.82. The number of carbonyl (C=O) groups excluding carboxylic acids is 2. The predicted octanol–water partition coefficient (Wildman–Crippen LogP) is 5.15. The Morgan fingerprint density at radius 3 is 2.47 bits per heavy atom. The number of benzene rings is 3. The van der Waals surface area contributed by atoms with Crippen molar-refractivity contribution in [3.8, 4) is 17.2 Å². The zero-order valence-corrected chi connectivity index (χ0v) is 17.8. The van der Waals surface area contributed by atoms with Gasteiger partial charge in [0.25, 0.3) is 0 Å². The van der Waals surface area contributed by atoms with Gasteiger partial charge in [-0.3, -0.25) is 9.59 Å². The first-order valence-corrected chi connectivity index (χ1v) is 10.3. The van der Waals surface area contributed by atoms with Crippen molar-refractivity contribution in [1.82, 2.24) is 0 Å². The molecule has 0 aromatic heterocycles. The minimum atomic E-state index is -0.641. The highest BCUT2D eigenvalue weighted by molar-refractivity contribution is 6.14. The Morgan fingerprint density at radius 1 is 1.09 bits per heavy atom. The van der Waals surface area contributed by atoms with E-state index in [0.717, 1.165) is 16.9 Å². The number of phenols is 1. The first-order chi connectivity index (χ1) is 15.5. The summed E-state index contributed by atoms with van der Waals surface area (Å²) in [6.07, 6.45) is 1.53. The average molecular weight is 429 g/mol. The standard InChI is InChI=1S/C26H23NO5/c1-3-24(29)27-18-8-6-17(7-9-18)26-22(14-16-4-11-20(31-2)12-5-16)25(30)21-15-19(28)10-13-23(21)32-26/h4-15,26,28H,3H2,1-2H3,(H,27,29). The van der Waals surface area contributed by atoms with Gasteiger partial charge in [0, 0.05) is 17.7 Å². The van der Waals surface area contributed by atoms with Crippen LogP contribution in [0.1, 0.15) is 40.9 Å². The normalized spacial score (nSPS) is 16.2. The summed E-state index contributed by atoms with van der Waals surface area (Å²) in [7, 11) is 1.60. The number of carbonyl (C=O) groups is 2. The van der Waals surface area contributed by atoms with E-state index >= 15 is 0 Å². The molecule has 0 spiro atoms. The summed E-state index contributed by atoms with van der Waals surface area (Å²) in [4.78, 5) is 25.0. The van der Waals surface area contributed by atoms with Crippen LogP contribution >= 0.6 is 0 Å². The summed E-state index contributed by atoms with van der Waals surface area (Å²) < 4.78 is 11.4. The Kier molecular flexibility index (Phi) is 5.94. The van der Waals surface area contributed by atoms with Crippen LogP contribution in [0.5, 0.6) is 17.2 Å². The van der Waals surface area contributed by atoms with Gasteiger partial charge in [-0.25, -0.2) is 0 Å². The lowest BCUT2D eigenvalue weighted by Gasteiger charge is -2.28. The number of amides is 1. The summed E-state index contributed by atoms with van der Waals surface area (Å²) in [5.41, 5.74) is 3.02. The van der Waals surface area contributed by atoms with Gasteiger partial charge in [-0.2, -0.15) is 0 Å². The number of aromatic hydroxyl groups is 1. The van der Waals surface area contributed by atoms with Gasteiger partial charge in [0.2, 0.25) is 5.91 Å². The molecule has 0 saturated carbocycles. The second-order valence-corrected chi connectivity index (χ2v) is 7.40. The molecule has 1 atom stereocenters. The number of ketones is 1. The van der Waals surface area contributed by atoms with Crippen molar-refractivity contribution >= 4 is 23.5 Å². The molecule has 1 unspecified atom stereocenters. The topological polar surface area (TPSA) is 84.9 Å². The van der Waals surface area contributed by atoms with Gasteiger partial charge in [0.15, 0.2) is 11.9 Å². The molecule has 32 heavy (non-hydrogen) atoms. The van der Waals surface area contributed by atoms with E-state index in [1.165, 1.54) is 12.1 Å². The third kappa shape index (κ3) is 4.34. The fourth-order valence-corrected chi connectivity index (χ4v) is 3.52. The molecule has 1 aliphatic rings. The molecule has 4 rings (SSSR count). The Balaban J connectivity index is 1.75. The molecule has 1 heterocycles. The molecule has 6 nitrogen and oxygen atoms in total. The molecule has 1 aliphatic heterocycles. The number of ether oxygens (including phenoxy) is 2. The first kappa shape index (κ1) is 21.2. The molecule has 162 valence electrons. The van der Waals surface area contributed by atoms with Crippen LogP contribution in [-0.4, -0.2) is 23.9 Å². The van der Waals surface area contributed by atoms with E-state index in [9.17, 15) is 14.7 Å². The highest BCUT2D eigenvalue weighted by atomic mass is 16.5. The summed E-state index contributed by atoms with van der Waals surface area (Å²) in [6, 6.07) is 19.1. The number of fused-ring (bicyclic) bond motifs is 1. The maximum atomic E-state index is 13.4. The smallest absolute Gasteiger partial charge is 0.224 e. The molecule has 2 N–H and O–H groups in total. The number of methoxy groups -OCH3 is 1. The van der Waals surface area contributed by atoms with Crippen LogP contribution < -0.4 is 14.8 Å². The number of Topliss-reactive ketones (excluding diaryl/α,β-unsaturated/α-hetero) is 1. The number of hydrogen-bond donors (Lipinski definition) is 2. The van der Waals surface area contributed by atoms with Gasteiger partial charge in [-0.05, 0) is 59.7 Å². The fraction of sp³-hybridized carbons (Fsp3) is 0.154. The Bertz CT molecular complexity index is 1180. The van der Waals surface area contributed by atoms with Gasteiger partial charge in [-0.1, -0.05) is 31.2 Å². The molecule has 3 aromatic carbocycles. The second-order valence-electron chi connectivity index (χ2n) is 7.40. The Morgan fingerprint density at radius 2 is 1.81 bits per heavy atom. The molecule has 1 amide bonds. The first-order valence-electron chi connectivity index (χ1n) is 10.3. The highest BCUT2D eigenvalue weighted by Gasteiger charge is 2.33. The van der Waals surface area contributed by atoms with E-state index in [1.807, 2.05) is 36.4 Å². The molecule has 0 aliphatic carbocycles. The quantitative estimate of drug-likeness (QED) is 0.548. The van der Waals surface area contributed by atoms with E-state index in [4.69, 9.17) is 9.47 Å². The van der Waals surface area contributed by atoms with E-state index in [-0.39, 0.29) is 17.4 Å². The molecule has 6 heteroatoms. The summed E-state index contributed by atoms with van der Waals surface area (Å²) in [6.45, 7) is 1.79. The van der Waals surface area contributed by atoms with E-state index in [1.54, 1.807) is 38.3 Å². The van der Waals surface area contributed by atoms with Crippen molar-refractivity contribution in [1.29, 1.82) is 0 Å². The monoisotopic (exact) mass is 429 g/mol. The van der Waals surface area contributed by atoms with Crippen molar-refractivity contribution < 1.29 is 24.2 Å². The van der Waals surface area contributed by atoms with Crippen molar-refractivity contribution in [3.05, 3.63) is 89.0 Å². The Hall–Kier alpha value is -4.06. The maximum Gasteiger partial charge on any atom is 0.224 e. The van der Waals surface area contributed by atoms with Gasteiger partial charge in [-0.15, -0.1) is 0 Å². The molecular weight excluding hydrogens is 406 g/mol. The lowest BCUT2D eigenvalue weighted by Crippen LogP contribution is -2.23. The van der Waals surface area contributed by atoms with Crippen LogP contribution in [-0.2, 0) is 4.79 Å². The Labute approximate surface area is 186 Å². The predicted molar refractivity (Wildman–Crippen MR) is 122 cm³/mol. The van der Waals surface area contributed by atoms with Crippen LogP contribution in [0.4, 0.5) is 5.69 Å². The molecule has 0 fully saturated rings. The van der Waals surface area contributed by atoms with Crippen LogP contribution in [0.25, 0.3) is 6.08 Å². The molecule has 3 aromatic rings. The van der Waals surface area contributed by atoms with E-state index in [2.05, 4.69) is 5.32 Å². The number of phenolic OH excluding ortho intramolecular Hbond substituents is 1. The van der Waals surface area contributed by atoms with Gasteiger partial charge < -0.3 is 19.9 Å². The number of anilines is 1. The van der Waals surface area contributed by atoms with Crippen LogP contribution in [0.2, 0.25) is 0 Å². The van der Waals surface area contributed by atoms with Crippen LogP contribution in [0, 0.1) is 0 Å². The largest absolute Gasteiger partial charge is 0.508 e. The maximum absolute atomic E-state index is 13.4. The summed E-state index contributed by atoms with van der Waals surface area (Å²) in [5.74, 6) is 0.837. The van der Waals surface area contributed by atoms with Crippen molar-refractivity contribution in [2.75, 3.05) is 12.4 Å². The second kappa shape index (κ2) is 8.98. The summed E-state index contributed by atoms with van der Waals surface area (Å²) >= 11 is 0. The third-order valence-electron chi connectivity index (χ3n) is 5.25. The third-order valence-corrected chi connectivity index (χ3v) is 5.25. The highest BCUT2D eigenvalue weighted by Crippen LogP contribution is 2.40. The van der Waals surface area contributed by atoms with E-state index < -0.39 is 6.10 Å². The van der Waals surface area contributed by atoms with Gasteiger partial charge >= 0.3 is 0 Å². The molecule has 0 saturated heterocycles. The van der Waals surface area contributed by atoms with E-state index in [0.29, 0.717) is 29.0 Å². The molecule has 0 radical (unpaired) electrons. The van der Waals surface area contributed by atoms with Gasteiger partial charge in [0.05, 0.1) is 12.7 Å². The molecule has 0 bridgehead atoms. The van der Waals surface area contributed by atoms with Crippen LogP contribution in [0.15, 0.2) is 72.3 Å². The zero-order chi connectivity index (χ0) is 22.7. The SMILES string of the molecule is CCC(=O)Nc1ccc(C2Oc3ccc(O)cc3C(=O)C2=Cc2ccc(OC)cc2)cc1. The lowest BCUT2D eigenvalue weighted by atomic mass is 9.89. The minimum Gasteiger partial charge on any atom is -0.508 e. The summed E-state index contributed by atoms with van der Waals surface area (Å²) in [5, 5.41) is 12.7. The van der Waals surface area contributed by atoms with Crippen LogP contribution in [0.3, 0.4) is 0 Å². The number of rotatable bonds is 5. The zero-order valence-electron chi connectivity index (χ0n) is 17.8. The van der Waals surface area contributed by atoms with Crippen molar-refractivity contribution in [2.24, 2.45) is 0 Å². The number of nitrogens with one attached hydrogen (secondary N) is 1. The molecular formula is C26H23NO5. The van der Waals surface area contributed by atoms with Crippen molar-refractivity contribution in [2.45, 2.75) is 19.4 Å². The fourth-order valence-electron chi connectivity index (χ4n) is 3.52. The lowest BCUT2D eigenvalue weighted by molar-refractivity contribution is -0.115. The van der Waals surface area contributed by atoms with Gasteiger partial charge in [0.1, 0.15) is 17.2 Å².